The van der Waals surface area contributed by atoms with Crippen LogP contribution < -0.4 is 15.5 Å². The van der Waals surface area contributed by atoms with Crippen molar-refractivity contribution in [2.75, 3.05) is 37.4 Å². The minimum absolute atomic E-state index is 0.0205. The van der Waals surface area contributed by atoms with Crippen LogP contribution in [0, 0.1) is 6.92 Å². The summed E-state index contributed by atoms with van der Waals surface area (Å²) in [6.45, 7) is 7.12. The zero-order valence-electron chi connectivity index (χ0n) is 13.1. The molecule has 0 fully saturated rings. The summed E-state index contributed by atoms with van der Waals surface area (Å²) in [6.07, 6.45) is 1.83. The van der Waals surface area contributed by atoms with Crippen molar-refractivity contribution >= 4 is 17.5 Å². The Morgan fingerprint density at radius 2 is 1.95 bits per heavy atom. The summed E-state index contributed by atoms with van der Waals surface area (Å²) in [5.74, 6) is 2.45. The first-order valence-electron chi connectivity index (χ1n) is 7.08. The van der Waals surface area contributed by atoms with Crippen molar-refractivity contribution in [3.05, 3.63) is 11.4 Å². The molecule has 6 heteroatoms. The third kappa shape index (κ3) is 3.82. The minimum atomic E-state index is -0.0205. The molecule has 1 aromatic heterocycles. The Morgan fingerprint density at radius 3 is 2.45 bits per heavy atom. The SMILES string of the molecule is CCCc1nc(NC)c(C)c(N(CC)CC(=O)NC)n1. The van der Waals surface area contributed by atoms with Crippen molar-refractivity contribution in [2.24, 2.45) is 0 Å². The van der Waals surface area contributed by atoms with Gasteiger partial charge in [-0.05, 0) is 20.3 Å². The zero-order chi connectivity index (χ0) is 15.1. The fourth-order valence-electron chi connectivity index (χ4n) is 2.03. The minimum Gasteiger partial charge on any atom is -0.373 e. The highest BCUT2D eigenvalue weighted by molar-refractivity contribution is 5.81. The predicted molar refractivity (Wildman–Crippen MR) is 82.3 cm³/mol. The molecular weight excluding hydrogens is 254 g/mol. The van der Waals surface area contributed by atoms with Gasteiger partial charge in [0, 0.05) is 32.6 Å². The fraction of sp³-hybridized carbons (Fsp3) is 0.643. The molecule has 0 spiro atoms. The van der Waals surface area contributed by atoms with Crippen LogP contribution in [0.1, 0.15) is 31.7 Å². The smallest absolute Gasteiger partial charge is 0.239 e. The molecule has 0 aliphatic heterocycles. The second-order valence-corrected chi connectivity index (χ2v) is 4.62. The Labute approximate surface area is 121 Å². The number of rotatable bonds is 7. The largest absolute Gasteiger partial charge is 0.373 e. The fourth-order valence-corrected chi connectivity index (χ4v) is 2.03. The number of likely N-dealkylation sites (N-methyl/N-ethyl adjacent to an activating group) is 2. The van der Waals surface area contributed by atoms with Crippen LogP contribution in [0.5, 0.6) is 0 Å². The number of hydrogen-bond acceptors (Lipinski definition) is 5. The molecule has 1 heterocycles. The number of aromatic nitrogens is 2. The monoisotopic (exact) mass is 279 g/mol. The molecule has 0 bridgehead atoms. The molecule has 0 saturated heterocycles. The van der Waals surface area contributed by atoms with E-state index in [4.69, 9.17) is 0 Å². The van der Waals surface area contributed by atoms with Crippen LogP contribution in [-0.4, -0.2) is 43.1 Å². The first-order chi connectivity index (χ1) is 9.57. The van der Waals surface area contributed by atoms with E-state index < -0.39 is 0 Å². The molecule has 1 rings (SSSR count). The first-order valence-corrected chi connectivity index (χ1v) is 7.08. The maximum Gasteiger partial charge on any atom is 0.239 e. The van der Waals surface area contributed by atoms with Gasteiger partial charge in [-0.1, -0.05) is 6.92 Å². The summed E-state index contributed by atoms with van der Waals surface area (Å²) in [4.78, 5) is 22.7. The molecule has 0 unspecified atom stereocenters. The summed E-state index contributed by atoms with van der Waals surface area (Å²) < 4.78 is 0. The molecule has 0 aliphatic carbocycles. The van der Waals surface area contributed by atoms with Crippen molar-refractivity contribution in [1.82, 2.24) is 15.3 Å². The van der Waals surface area contributed by atoms with E-state index in [-0.39, 0.29) is 5.91 Å². The standard InChI is InChI=1S/C14H25N5O/c1-6-8-11-17-13(16-5)10(3)14(18-11)19(7-2)9-12(20)15-4/h6-9H2,1-5H3,(H,15,20)(H,16,17,18). The summed E-state index contributed by atoms with van der Waals surface area (Å²) in [7, 11) is 3.49. The summed E-state index contributed by atoms with van der Waals surface area (Å²) in [5, 5.41) is 5.75. The van der Waals surface area contributed by atoms with E-state index in [1.54, 1.807) is 7.05 Å². The Morgan fingerprint density at radius 1 is 1.25 bits per heavy atom. The van der Waals surface area contributed by atoms with Crippen LogP contribution >= 0.6 is 0 Å². The van der Waals surface area contributed by atoms with E-state index in [1.165, 1.54) is 0 Å². The molecule has 0 aromatic carbocycles. The van der Waals surface area contributed by atoms with Crippen LogP contribution in [-0.2, 0) is 11.2 Å². The van der Waals surface area contributed by atoms with Crippen LogP contribution in [0.3, 0.4) is 0 Å². The van der Waals surface area contributed by atoms with Crippen molar-refractivity contribution in [1.29, 1.82) is 0 Å². The van der Waals surface area contributed by atoms with Crippen LogP contribution in [0.15, 0.2) is 0 Å². The van der Waals surface area contributed by atoms with E-state index in [1.807, 2.05) is 25.8 Å². The van der Waals surface area contributed by atoms with Gasteiger partial charge in [0.15, 0.2) is 0 Å². The van der Waals surface area contributed by atoms with Crippen molar-refractivity contribution in [3.63, 3.8) is 0 Å². The molecule has 1 amide bonds. The lowest BCUT2D eigenvalue weighted by Gasteiger charge is -2.24. The van der Waals surface area contributed by atoms with Gasteiger partial charge < -0.3 is 15.5 Å². The number of aryl methyl sites for hydroxylation is 1. The van der Waals surface area contributed by atoms with Crippen molar-refractivity contribution < 1.29 is 4.79 Å². The lowest BCUT2D eigenvalue weighted by Crippen LogP contribution is -2.36. The Balaban J connectivity index is 3.18. The van der Waals surface area contributed by atoms with Gasteiger partial charge in [-0.3, -0.25) is 4.79 Å². The van der Waals surface area contributed by atoms with E-state index in [0.717, 1.165) is 42.4 Å². The van der Waals surface area contributed by atoms with Crippen LogP contribution in [0.2, 0.25) is 0 Å². The molecule has 2 N–H and O–H groups in total. The third-order valence-electron chi connectivity index (χ3n) is 3.17. The quantitative estimate of drug-likeness (QED) is 0.788. The van der Waals surface area contributed by atoms with E-state index in [9.17, 15) is 4.79 Å². The van der Waals surface area contributed by atoms with Gasteiger partial charge in [-0.15, -0.1) is 0 Å². The highest BCUT2D eigenvalue weighted by Gasteiger charge is 2.17. The van der Waals surface area contributed by atoms with Crippen molar-refractivity contribution in [2.45, 2.75) is 33.6 Å². The van der Waals surface area contributed by atoms with Crippen LogP contribution in [0.25, 0.3) is 0 Å². The maximum absolute atomic E-state index is 11.6. The van der Waals surface area contributed by atoms with Gasteiger partial charge in [0.05, 0.1) is 6.54 Å². The predicted octanol–water partition coefficient (Wildman–Crippen LogP) is 1.35. The molecule has 0 saturated carbocycles. The molecule has 1 aromatic rings. The molecule has 112 valence electrons. The van der Waals surface area contributed by atoms with E-state index >= 15 is 0 Å². The molecule has 6 nitrogen and oxygen atoms in total. The molecule has 0 atom stereocenters. The normalized spacial score (nSPS) is 10.2. The number of anilines is 2. The Bertz CT molecular complexity index is 461. The number of carbonyl (C=O) groups is 1. The van der Waals surface area contributed by atoms with Gasteiger partial charge >= 0.3 is 0 Å². The highest BCUT2D eigenvalue weighted by atomic mass is 16.1. The lowest BCUT2D eigenvalue weighted by atomic mass is 10.2. The number of hydrogen-bond donors (Lipinski definition) is 2. The zero-order valence-corrected chi connectivity index (χ0v) is 13.1. The number of amides is 1. The second kappa shape index (κ2) is 7.67. The summed E-state index contributed by atoms with van der Waals surface area (Å²) >= 11 is 0. The Kier molecular flexibility index (Phi) is 6.21. The van der Waals surface area contributed by atoms with Crippen LogP contribution in [0.4, 0.5) is 11.6 Å². The van der Waals surface area contributed by atoms with Gasteiger partial charge in [-0.2, -0.15) is 0 Å². The maximum atomic E-state index is 11.6. The van der Waals surface area contributed by atoms with E-state index in [0.29, 0.717) is 6.54 Å². The topological polar surface area (TPSA) is 70.2 Å². The molecule has 0 aliphatic rings. The van der Waals surface area contributed by atoms with E-state index in [2.05, 4.69) is 27.5 Å². The Hall–Kier alpha value is -1.85. The average molecular weight is 279 g/mol. The molecule has 20 heavy (non-hydrogen) atoms. The third-order valence-corrected chi connectivity index (χ3v) is 3.17. The average Bonchev–Trinajstić information content (AvgIpc) is 2.46. The first kappa shape index (κ1) is 16.2. The number of nitrogens with zero attached hydrogens (tertiary/aromatic N) is 3. The van der Waals surface area contributed by atoms with Gasteiger partial charge in [0.1, 0.15) is 17.5 Å². The highest BCUT2D eigenvalue weighted by Crippen LogP contribution is 2.23. The lowest BCUT2D eigenvalue weighted by molar-refractivity contribution is -0.119. The summed E-state index contributed by atoms with van der Waals surface area (Å²) in [5.41, 5.74) is 0.970. The van der Waals surface area contributed by atoms with Gasteiger partial charge in [0.2, 0.25) is 5.91 Å². The molecular formula is C14H25N5O. The number of carbonyl (C=O) groups excluding carboxylic acids is 1. The summed E-state index contributed by atoms with van der Waals surface area (Å²) in [6, 6.07) is 0. The van der Waals surface area contributed by atoms with Gasteiger partial charge in [0.25, 0.3) is 0 Å². The number of nitrogens with one attached hydrogen (secondary N) is 2. The second-order valence-electron chi connectivity index (χ2n) is 4.62. The van der Waals surface area contributed by atoms with Crippen molar-refractivity contribution in [3.8, 4) is 0 Å². The molecule has 0 radical (unpaired) electrons. The van der Waals surface area contributed by atoms with Gasteiger partial charge in [-0.25, -0.2) is 9.97 Å².